The summed E-state index contributed by atoms with van der Waals surface area (Å²) in [6, 6.07) is 0. The lowest BCUT2D eigenvalue weighted by molar-refractivity contribution is -0.148. The van der Waals surface area contributed by atoms with Crippen LogP contribution in [0.4, 0.5) is 0 Å². The second kappa shape index (κ2) is 7.80. The van der Waals surface area contributed by atoms with Crippen molar-refractivity contribution in [2.24, 2.45) is 46.3 Å². The number of aliphatic hydroxyl groups is 2. The zero-order valence-electron chi connectivity index (χ0n) is 19.9. The van der Waals surface area contributed by atoms with Crippen molar-refractivity contribution in [3.8, 4) is 0 Å². The molecule has 4 aliphatic carbocycles. The van der Waals surface area contributed by atoms with Gasteiger partial charge in [0.1, 0.15) is 0 Å². The molecule has 0 spiro atoms. The van der Waals surface area contributed by atoms with E-state index in [1.54, 1.807) is 0 Å². The number of hydrogen-bond acceptors (Lipinski definition) is 2. The Kier molecular flexibility index (Phi) is 5.95. The fourth-order valence-electron chi connectivity index (χ4n) is 9.34. The van der Waals surface area contributed by atoms with Crippen LogP contribution in [0, 0.1) is 46.3 Å². The molecule has 0 aliphatic heterocycles. The van der Waals surface area contributed by atoms with Crippen LogP contribution >= 0.6 is 0 Å². The number of hydrogen-bond donors (Lipinski definition) is 2. The normalized spacial score (nSPS) is 51.6. The van der Waals surface area contributed by atoms with Crippen molar-refractivity contribution in [3.05, 3.63) is 0 Å². The van der Waals surface area contributed by atoms with Gasteiger partial charge in [0.15, 0.2) is 0 Å². The van der Waals surface area contributed by atoms with Crippen LogP contribution < -0.4 is 0 Å². The van der Waals surface area contributed by atoms with Crippen LogP contribution in [0.3, 0.4) is 0 Å². The lowest BCUT2D eigenvalue weighted by Crippen LogP contribution is -2.55. The van der Waals surface area contributed by atoms with Gasteiger partial charge in [0.2, 0.25) is 0 Å². The van der Waals surface area contributed by atoms with Gasteiger partial charge in [-0.25, -0.2) is 0 Å². The van der Waals surface area contributed by atoms with Gasteiger partial charge in [0.05, 0.1) is 11.7 Å². The van der Waals surface area contributed by atoms with Crippen LogP contribution in [0.1, 0.15) is 112 Å². The summed E-state index contributed by atoms with van der Waals surface area (Å²) in [5.41, 5.74) is 0.613. The van der Waals surface area contributed by atoms with Gasteiger partial charge in [0, 0.05) is 0 Å². The Balaban J connectivity index is 1.46. The largest absolute Gasteiger partial charge is 0.393 e. The van der Waals surface area contributed by atoms with Crippen molar-refractivity contribution in [3.63, 3.8) is 0 Å². The molecule has 2 N–H and O–H groups in total. The SMILES string of the molecule is C[C@H](CCC[C@@H](C)O)[C@H]1CC[C@H]2[C@@H]3CC[C@H]4C[C@@](C)(O)CC[C@]4(C)[C@H]3CC[C@]12C. The molecule has 0 bridgehead atoms. The van der Waals surface area contributed by atoms with Crippen molar-refractivity contribution >= 4 is 0 Å². The Labute approximate surface area is 180 Å². The minimum absolute atomic E-state index is 0.142. The van der Waals surface area contributed by atoms with Crippen molar-refractivity contribution in [1.82, 2.24) is 0 Å². The Hall–Kier alpha value is -0.0800. The fourth-order valence-corrected chi connectivity index (χ4v) is 9.34. The lowest BCUT2D eigenvalue weighted by atomic mass is 9.43. The molecular formula is C27H48O2. The summed E-state index contributed by atoms with van der Waals surface area (Å²) in [4.78, 5) is 0. The van der Waals surface area contributed by atoms with Crippen LogP contribution in [0.25, 0.3) is 0 Å². The molecule has 4 aliphatic rings. The van der Waals surface area contributed by atoms with E-state index in [2.05, 4.69) is 27.7 Å². The second-order valence-corrected chi connectivity index (χ2v) is 12.8. The smallest absolute Gasteiger partial charge is 0.0622 e. The summed E-state index contributed by atoms with van der Waals surface area (Å²) in [6.45, 7) is 11.8. The topological polar surface area (TPSA) is 40.5 Å². The maximum atomic E-state index is 10.7. The highest BCUT2D eigenvalue weighted by Gasteiger charge is 2.61. The standard InChI is InChI=1S/C27H48O2/c1-18(7-6-8-19(2)28)22-11-12-23-21-10-9-20-17-25(3,29)15-16-26(20,4)24(21)13-14-27(22,23)5/h18-24,28-29H,6-17H2,1-5H3/t18-,19-,20+,21+,22-,23+,24+,25+,26+,27-/m1/s1. The molecule has 0 aromatic carbocycles. The minimum atomic E-state index is -0.417. The molecule has 2 heteroatoms. The maximum absolute atomic E-state index is 10.7. The van der Waals surface area contributed by atoms with Gasteiger partial charge in [-0.15, -0.1) is 0 Å². The van der Waals surface area contributed by atoms with E-state index in [0.717, 1.165) is 54.8 Å². The summed E-state index contributed by atoms with van der Waals surface area (Å²) < 4.78 is 0. The van der Waals surface area contributed by atoms with E-state index in [9.17, 15) is 10.2 Å². The fraction of sp³-hybridized carbons (Fsp3) is 1.00. The minimum Gasteiger partial charge on any atom is -0.393 e. The highest BCUT2D eigenvalue weighted by Crippen LogP contribution is 2.68. The molecular weight excluding hydrogens is 356 g/mol. The quantitative estimate of drug-likeness (QED) is 0.543. The third-order valence-corrected chi connectivity index (χ3v) is 11.0. The lowest BCUT2D eigenvalue weighted by Gasteiger charge is -2.62. The highest BCUT2D eigenvalue weighted by molar-refractivity contribution is 5.10. The molecule has 0 saturated heterocycles. The Morgan fingerprint density at radius 2 is 1.55 bits per heavy atom. The van der Waals surface area contributed by atoms with Gasteiger partial charge in [-0.2, -0.15) is 0 Å². The number of rotatable bonds is 5. The van der Waals surface area contributed by atoms with Gasteiger partial charge in [-0.05, 0) is 124 Å². The molecule has 4 fully saturated rings. The van der Waals surface area contributed by atoms with E-state index in [4.69, 9.17) is 0 Å². The number of fused-ring (bicyclic) bond motifs is 5. The molecule has 2 nitrogen and oxygen atoms in total. The van der Waals surface area contributed by atoms with Crippen LogP contribution in [-0.4, -0.2) is 21.9 Å². The highest BCUT2D eigenvalue weighted by atomic mass is 16.3. The number of aliphatic hydroxyl groups excluding tert-OH is 1. The molecule has 0 unspecified atom stereocenters. The van der Waals surface area contributed by atoms with Crippen molar-refractivity contribution in [2.45, 2.75) is 123 Å². The van der Waals surface area contributed by atoms with E-state index in [0.29, 0.717) is 10.8 Å². The third kappa shape index (κ3) is 3.84. The van der Waals surface area contributed by atoms with Crippen LogP contribution in [0.15, 0.2) is 0 Å². The van der Waals surface area contributed by atoms with E-state index in [-0.39, 0.29) is 6.10 Å². The molecule has 0 aromatic heterocycles. The molecule has 0 amide bonds. The molecule has 0 aromatic rings. The van der Waals surface area contributed by atoms with Gasteiger partial charge in [-0.3, -0.25) is 0 Å². The molecule has 168 valence electrons. The molecule has 10 atom stereocenters. The summed E-state index contributed by atoms with van der Waals surface area (Å²) >= 11 is 0. The van der Waals surface area contributed by atoms with Crippen molar-refractivity contribution in [2.75, 3.05) is 0 Å². The summed E-state index contributed by atoms with van der Waals surface area (Å²) in [5.74, 6) is 5.21. The average Bonchev–Trinajstić information content (AvgIpc) is 2.99. The van der Waals surface area contributed by atoms with Crippen molar-refractivity contribution in [1.29, 1.82) is 0 Å². The van der Waals surface area contributed by atoms with Gasteiger partial charge in [0.25, 0.3) is 0 Å². The van der Waals surface area contributed by atoms with Gasteiger partial charge < -0.3 is 10.2 Å². The molecule has 0 heterocycles. The monoisotopic (exact) mass is 404 g/mol. The molecule has 0 radical (unpaired) electrons. The predicted molar refractivity (Wildman–Crippen MR) is 121 cm³/mol. The van der Waals surface area contributed by atoms with E-state index in [1.807, 2.05) is 6.92 Å². The zero-order valence-corrected chi connectivity index (χ0v) is 19.9. The van der Waals surface area contributed by atoms with Crippen LogP contribution in [0.5, 0.6) is 0 Å². The summed E-state index contributed by atoms with van der Waals surface area (Å²) in [6.07, 6.45) is 15.1. The Bertz CT molecular complexity index is 583. The van der Waals surface area contributed by atoms with Gasteiger partial charge in [-0.1, -0.05) is 33.6 Å². The Morgan fingerprint density at radius 3 is 2.28 bits per heavy atom. The Morgan fingerprint density at radius 1 is 0.828 bits per heavy atom. The maximum Gasteiger partial charge on any atom is 0.0622 e. The zero-order chi connectivity index (χ0) is 21.0. The molecule has 4 rings (SSSR count). The predicted octanol–water partition coefficient (Wildman–Crippen LogP) is 6.58. The molecule has 29 heavy (non-hydrogen) atoms. The van der Waals surface area contributed by atoms with Crippen LogP contribution in [-0.2, 0) is 0 Å². The molecule has 4 saturated carbocycles. The third-order valence-electron chi connectivity index (χ3n) is 11.0. The first-order valence-electron chi connectivity index (χ1n) is 13.0. The van der Waals surface area contributed by atoms with E-state index < -0.39 is 5.60 Å². The van der Waals surface area contributed by atoms with Gasteiger partial charge >= 0.3 is 0 Å². The summed E-state index contributed by atoms with van der Waals surface area (Å²) in [7, 11) is 0. The first-order valence-corrected chi connectivity index (χ1v) is 13.0. The summed E-state index contributed by atoms with van der Waals surface area (Å²) in [5, 5.41) is 20.3. The van der Waals surface area contributed by atoms with Crippen molar-refractivity contribution < 1.29 is 10.2 Å². The first kappa shape index (κ1) is 22.1. The van der Waals surface area contributed by atoms with Crippen LogP contribution in [0.2, 0.25) is 0 Å². The van der Waals surface area contributed by atoms with E-state index in [1.165, 1.54) is 57.8 Å². The first-order chi connectivity index (χ1) is 13.6. The van der Waals surface area contributed by atoms with E-state index >= 15 is 0 Å². The average molecular weight is 405 g/mol. The second-order valence-electron chi connectivity index (χ2n) is 12.8.